The number of halogens is 1. The molecular formula is C17H23FN2O. The first-order valence-electron chi connectivity index (χ1n) is 7.96. The molecule has 0 bridgehead atoms. The van der Waals surface area contributed by atoms with Crippen LogP contribution in [-0.4, -0.2) is 22.9 Å². The third-order valence-corrected chi connectivity index (χ3v) is 4.71. The Hall–Kier alpha value is -1.42. The van der Waals surface area contributed by atoms with E-state index in [4.69, 9.17) is 0 Å². The van der Waals surface area contributed by atoms with E-state index < -0.39 is 0 Å². The van der Waals surface area contributed by atoms with Gasteiger partial charge in [-0.1, -0.05) is 31.5 Å². The van der Waals surface area contributed by atoms with Gasteiger partial charge in [-0.2, -0.15) is 0 Å². The van der Waals surface area contributed by atoms with E-state index in [2.05, 4.69) is 19.2 Å². The van der Waals surface area contributed by atoms with Crippen LogP contribution in [0.25, 0.3) is 0 Å². The zero-order valence-electron chi connectivity index (χ0n) is 12.7. The first-order valence-corrected chi connectivity index (χ1v) is 7.96. The Bertz CT molecular complexity index is 529. The summed E-state index contributed by atoms with van der Waals surface area (Å²) in [6.45, 7) is 4.17. The number of nitrogens with zero attached hydrogens (tertiary/aromatic N) is 1. The van der Waals surface area contributed by atoms with Crippen LogP contribution in [-0.2, 0) is 4.79 Å². The molecule has 2 fully saturated rings. The predicted octanol–water partition coefficient (Wildman–Crippen LogP) is 3.22. The Balaban J connectivity index is 1.91. The molecule has 0 radical (unpaired) electrons. The first-order chi connectivity index (χ1) is 10.1. The van der Waals surface area contributed by atoms with Crippen LogP contribution in [0.2, 0.25) is 0 Å². The third kappa shape index (κ3) is 2.69. The van der Waals surface area contributed by atoms with Crippen LogP contribution in [0.1, 0.15) is 51.3 Å². The van der Waals surface area contributed by atoms with E-state index in [-0.39, 0.29) is 30.0 Å². The highest BCUT2D eigenvalue weighted by molar-refractivity contribution is 5.85. The van der Waals surface area contributed by atoms with Gasteiger partial charge < -0.3 is 4.90 Å². The molecular weight excluding hydrogens is 267 g/mol. The largest absolute Gasteiger partial charge is 0.318 e. The first kappa shape index (κ1) is 14.5. The molecule has 0 spiro atoms. The average Bonchev–Trinajstić information content (AvgIpc) is 3.26. The number of rotatable bonds is 5. The van der Waals surface area contributed by atoms with Crippen LogP contribution in [0, 0.1) is 11.7 Å². The fourth-order valence-electron chi connectivity index (χ4n) is 3.32. The maximum absolute atomic E-state index is 14.2. The van der Waals surface area contributed by atoms with E-state index in [1.807, 2.05) is 11.0 Å². The van der Waals surface area contributed by atoms with Crippen molar-refractivity contribution in [2.45, 2.75) is 57.8 Å². The number of carbonyl (C=O) groups excluding carboxylic acids is 1. The lowest BCUT2D eigenvalue weighted by Crippen LogP contribution is -2.40. The quantitative estimate of drug-likeness (QED) is 0.903. The molecule has 1 saturated carbocycles. The van der Waals surface area contributed by atoms with Crippen LogP contribution in [0.15, 0.2) is 24.3 Å². The highest BCUT2D eigenvalue weighted by Crippen LogP contribution is 2.40. The summed E-state index contributed by atoms with van der Waals surface area (Å²) in [6, 6.07) is 6.76. The fraction of sp³-hybridized carbons (Fsp3) is 0.588. The summed E-state index contributed by atoms with van der Waals surface area (Å²) in [5, 5.41) is 3.35. The van der Waals surface area contributed by atoms with E-state index in [1.165, 1.54) is 18.9 Å². The molecule has 3 nitrogen and oxygen atoms in total. The molecule has 3 rings (SSSR count). The van der Waals surface area contributed by atoms with Gasteiger partial charge in [-0.05, 0) is 38.2 Å². The molecule has 1 aromatic carbocycles. The van der Waals surface area contributed by atoms with Gasteiger partial charge in [0.05, 0.1) is 6.04 Å². The summed E-state index contributed by atoms with van der Waals surface area (Å²) >= 11 is 0. The molecule has 3 atom stereocenters. The maximum Gasteiger partial charge on any atom is 0.241 e. The van der Waals surface area contributed by atoms with E-state index in [9.17, 15) is 9.18 Å². The normalized spacial score (nSPS) is 27.2. The Morgan fingerprint density at radius 2 is 2.10 bits per heavy atom. The van der Waals surface area contributed by atoms with Gasteiger partial charge in [0.25, 0.3) is 0 Å². The highest BCUT2D eigenvalue weighted by atomic mass is 19.1. The molecule has 1 aromatic rings. The molecule has 1 amide bonds. The molecule has 1 saturated heterocycles. The SMILES string of the molecule is CCCC1NC(c2ccccc2F)N(C(C)C2CC2)C1=O. The van der Waals surface area contributed by atoms with Crippen molar-refractivity contribution in [3.8, 4) is 0 Å². The summed E-state index contributed by atoms with van der Waals surface area (Å²) in [7, 11) is 0. The predicted molar refractivity (Wildman–Crippen MR) is 80.0 cm³/mol. The van der Waals surface area contributed by atoms with Crippen molar-refractivity contribution >= 4 is 5.91 Å². The summed E-state index contributed by atoms with van der Waals surface area (Å²) in [5.74, 6) is 0.461. The van der Waals surface area contributed by atoms with Crippen LogP contribution in [0.3, 0.4) is 0 Å². The zero-order chi connectivity index (χ0) is 15.0. The lowest BCUT2D eigenvalue weighted by atomic mass is 10.1. The Kier molecular flexibility index (Phi) is 3.98. The van der Waals surface area contributed by atoms with Gasteiger partial charge in [-0.15, -0.1) is 0 Å². The van der Waals surface area contributed by atoms with Crippen molar-refractivity contribution in [1.29, 1.82) is 0 Å². The van der Waals surface area contributed by atoms with E-state index >= 15 is 0 Å². The van der Waals surface area contributed by atoms with E-state index in [1.54, 1.807) is 12.1 Å². The number of amides is 1. The van der Waals surface area contributed by atoms with Gasteiger partial charge in [0.2, 0.25) is 5.91 Å². The fourth-order valence-corrected chi connectivity index (χ4v) is 3.32. The van der Waals surface area contributed by atoms with Crippen LogP contribution >= 0.6 is 0 Å². The minimum atomic E-state index is -0.328. The smallest absolute Gasteiger partial charge is 0.241 e. The topological polar surface area (TPSA) is 32.3 Å². The number of hydrogen-bond acceptors (Lipinski definition) is 2. The summed E-state index contributed by atoms with van der Waals surface area (Å²) < 4.78 is 14.2. The van der Waals surface area contributed by atoms with Crippen molar-refractivity contribution in [1.82, 2.24) is 10.2 Å². The Labute approximate surface area is 125 Å². The second-order valence-electron chi connectivity index (χ2n) is 6.26. The van der Waals surface area contributed by atoms with Gasteiger partial charge >= 0.3 is 0 Å². The van der Waals surface area contributed by atoms with Gasteiger partial charge in [0.15, 0.2) is 0 Å². The minimum absolute atomic E-state index is 0.129. The maximum atomic E-state index is 14.2. The summed E-state index contributed by atoms with van der Waals surface area (Å²) in [4.78, 5) is 14.6. The standard InChI is InChI=1S/C17H23FN2O/c1-3-6-15-17(21)20(11(2)12-9-10-12)16(19-15)13-7-4-5-8-14(13)18/h4-5,7-8,11-12,15-16,19H,3,6,9-10H2,1-2H3. The van der Waals surface area contributed by atoms with Gasteiger partial charge in [0.1, 0.15) is 12.0 Å². The molecule has 1 N–H and O–H groups in total. The molecule has 3 unspecified atom stereocenters. The average molecular weight is 290 g/mol. The molecule has 1 aliphatic heterocycles. The molecule has 21 heavy (non-hydrogen) atoms. The van der Waals surface area contributed by atoms with Crippen LogP contribution in [0.5, 0.6) is 0 Å². The third-order valence-electron chi connectivity index (χ3n) is 4.71. The van der Waals surface area contributed by atoms with Crippen molar-refractivity contribution in [3.63, 3.8) is 0 Å². The molecule has 4 heteroatoms. The molecule has 1 aliphatic carbocycles. The summed E-state index contributed by atoms with van der Waals surface area (Å²) in [6.07, 6.45) is 3.77. The molecule has 114 valence electrons. The molecule has 0 aromatic heterocycles. The van der Waals surface area contributed by atoms with Crippen molar-refractivity contribution in [3.05, 3.63) is 35.6 Å². The van der Waals surface area contributed by atoms with Crippen molar-refractivity contribution < 1.29 is 9.18 Å². The molecule has 1 heterocycles. The number of hydrogen-bond donors (Lipinski definition) is 1. The van der Waals surface area contributed by atoms with Crippen molar-refractivity contribution in [2.75, 3.05) is 0 Å². The Morgan fingerprint density at radius 3 is 2.71 bits per heavy atom. The number of carbonyl (C=O) groups is 1. The number of benzene rings is 1. The molecule has 2 aliphatic rings. The highest BCUT2D eigenvalue weighted by Gasteiger charge is 2.46. The van der Waals surface area contributed by atoms with Crippen LogP contribution in [0.4, 0.5) is 4.39 Å². The van der Waals surface area contributed by atoms with Crippen molar-refractivity contribution in [2.24, 2.45) is 5.92 Å². The van der Waals surface area contributed by atoms with E-state index in [0.717, 1.165) is 12.8 Å². The lowest BCUT2D eigenvalue weighted by molar-refractivity contribution is -0.132. The van der Waals surface area contributed by atoms with E-state index in [0.29, 0.717) is 11.5 Å². The second kappa shape index (κ2) is 5.76. The zero-order valence-corrected chi connectivity index (χ0v) is 12.7. The lowest BCUT2D eigenvalue weighted by Gasteiger charge is -2.31. The summed E-state index contributed by atoms with van der Waals surface area (Å²) in [5.41, 5.74) is 0.581. The number of nitrogens with one attached hydrogen (secondary N) is 1. The van der Waals surface area contributed by atoms with Gasteiger partial charge in [-0.25, -0.2) is 4.39 Å². The Morgan fingerprint density at radius 1 is 1.38 bits per heavy atom. The van der Waals surface area contributed by atoms with Crippen LogP contribution < -0.4 is 5.32 Å². The monoisotopic (exact) mass is 290 g/mol. The van der Waals surface area contributed by atoms with Gasteiger partial charge in [-0.3, -0.25) is 10.1 Å². The minimum Gasteiger partial charge on any atom is -0.318 e. The second-order valence-corrected chi connectivity index (χ2v) is 6.26. The van der Waals surface area contributed by atoms with Gasteiger partial charge in [0, 0.05) is 11.6 Å².